The molecule has 4 heteroatoms. The molecule has 0 radical (unpaired) electrons. The van der Waals surface area contributed by atoms with E-state index in [9.17, 15) is 0 Å². The van der Waals surface area contributed by atoms with Gasteiger partial charge in [0.25, 0.3) is 0 Å². The van der Waals surface area contributed by atoms with Gasteiger partial charge >= 0.3 is 0 Å². The topological polar surface area (TPSA) is 36.4 Å². The van der Waals surface area contributed by atoms with Gasteiger partial charge in [0.1, 0.15) is 0 Å². The van der Waals surface area contributed by atoms with Crippen molar-refractivity contribution in [1.82, 2.24) is 5.43 Å². The molecule has 2 N–H and O–H groups in total. The van der Waals surface area contributed by atoms with Crippen LogP contribution in [0.5, 0.6) is 0 Å². The predicted molar refractivity (Wildman–Crippen MR) is 99.5 cm³/mol. The van der Waals surface area contributed by atoms with Gasteiger partial charge in [0.05, 0.1) is 0 Å². The molecule has 1 aromatic carbocycles. The molecule has 1 fully saturated rings. The number of thiocarbonyl (C=S) groups is 1. The summed E-state index contributed by atoms with van der Waals surface area (Å²) >= 11 is 5.35. The Balaban J connectivity index is 1.96. The molecule has 2 rings (SSSR count). The molecule has 0 aromatic heterocycles. The predicted octanol–water partition coefficient (Wildman–Crippen LogP) is 4.79. The van der Waals surface area contributed by atoms with Gasteiger partial charge in [0.15, 0.2) is 5.11 Å². The van der Waals surface area contributed by atoms with E-state index in [4.69, 9.17) is 12.2 Å². The molecule has 0 saturated heterocycles. The van der Waals surface area contributed by atoms with Gasteiger partial charge in [-0.25, -0.2) is 0 Å². The second-order valence-electron chi connectivity index (χ2n) is 7.42. The number of nitrogens with zero attached hydrogens (tertiary/aromatic N) is 1. The normalized spacial score (nSPS) is 22.4. The van der Waals surface area contributed by atoms with Crippen molar-refractivity contribution in [2.45, 2.75) is 53.9 Å². The molecule has 0 bridgehead atoms. The Morgan fingerprint density at radius 3 is 2.68 bits per heavy atom. The summed E-state index contributed by atoms with van der Waals surface area (Å²) in [6.45, 7) is 11.1. The van der Waals surface area contributed by atoms with E-state index < -0.39 is 0 Å². The second-order valence-corrected chi connectivity index (χ2v) is 7.82. The van der Waals surface area contributed by atoms with E-state index in [1.54, 1.807) is 0 Å². The molecular formula is C18H27N3S. The van der Waals surface area contributed by atoms with Crippen molar-refractivity contribution in [1.29, 1.82) is 0 Å². The van der Waals surface area contributed by atoms with Gasteiger partial charge in [0.2, 0.25) is 0 Å². The fourth-order valence-corrected chi connectivity index (χ4v) is 3.59. The lowest BCUT2D eigenvalue weighted by atomic mass is 9.72. The number of hydrogen-bond acceptors (Lipinski definition) is 2. The van der Waals surface area contributed by atoms with E-state index in [1.165, 1.54) is 23.3 Å². The van der Waals surface area contributed by atoms with Crippen molar-refractivity contribution >= 4 is 28.7 Å². The number of rotatable bonds is 2. The lowest BCUT2D eigenvalue weighted by Crippen LogP contribution is -2.31. The van der Waals surface area contributed by atoms with Crippen LogP contribution in [0.1, 0.15) is 51.2 Å². The van der Waals surface area contributed by atoms with Crippen molar-refractivity contribution in [2.24, 2.45) is 16.4 Å². The minimum absolute atomic E-state index is 0.334. The number of nitrogens with one attached hydrogen (secondary N) is 2. The Labute approximate surface area is 139 Å². The van der Waals surface area contributed by atoms with Gasteiger partial charge < -0.3 is 5.32 Å². The van der Waals surface area contributed by atoms with Crippen molar-refractivity contribution in [3.05, 3.63) is 29.3 Å². The van der Waals surface area contributed by atoms with Crippen LogP contribution < -0.4 is 10.7 Å². The number of hydrogen-bond donors (Lipinski definition) is 2. The van der Waals surface area contributed by atoms with Crippen LogP contribution in [0.25, 0.3) is 0 Å². The van der Waals surface area contributed by atoms with Crippen molar-refractivity contribution < 1.29 is 0 Å². The standard InChI is InChI=1S/C18H27N3S/c1-12-6-7-16(14(3)8-12)19-17(22)21-20-15-9-13(2)10-18(4,5)11-15/h6-8,13H,9-11H2,1-5H3,(H2,19,21,22). The Hall–Kier alpha value is -1.42. The molecule has 0 heterocycles. The minimum Gasteiger partial charge on any atom is -0.331 e. The molecule has 1 atom stereocenters. The lowest BCUT2D eigenvalue weighted by Gasteiger charge is -2.34. The summed E-state index contributed by atoms with van der Waals surface area (Å²) in [5, 5.41) is 8.31. The summed E-state index contributed by atoms with van der Waals surface area (Å²) in [7, 11) is 0. The molecular weight excluding hydrogens is 290 g/mol. The van der Waals surface area contributed by atoms with Gasteiger partial charge in [-0.05, 0) is 68.3 Å². The van der Waals surface area contributed by atoms with Crippen molar-refractivity contribution in [3.63, 3.8) is 0 Å². The molecule has 22 heavy (non-hydrogen) atoms. The fourth-order valence-electron chi connectivity index (χ4n) is 3.43. The Morgan fingerprint density at radius 1 is 1.32 bits per heavy atom. The van der Waals surface area contributed by atoms with Gasteiger partial charge in [-0.1, -0.05) is 38.5 Å². The van der Waals surface area contributed by atoms with Gasteiger partial charge in [-0.3, -0.25) is 5.43 Å². The second kappa shape index (κ2) is 6.78. The van der Waals surface area contributed by atoms with Crippen LogP contribution in [0.4, 0.5) is 5.69 Å². The van der Waals surface area contributed by atoms with E-state index in [-0.39, 0.29) is 0 Å². The van der Waals surface area contributed by atoms with Crippen molar-refractivity contribution in [2.75, 3.05) is 5.32 Å². The summed E-state index contributed by atoms with van der Waals surface area (Å²) < 4.78 is 0. The molecule has 1 aliphatic rings. The zero-order chi connectivity index (χ0) is 16.3. The Kier molecular flexibility index (Phi) is 5.22. The zero-order valence-corrected chi connectivity index (χ0v) is 15.1. The van der Waals surface area contributed by atoms with Crippen LogP contribution in [0.3, 0.4) is 0 Å². The maximum atomic E-state index is 5.35. The average Bonchev–Trinajstić information content (AvgIpc) is 2.37. The number of hydrazone groups is 1. The average molecular weight is 318 g/mol. The third kappa shape index (κ3) is 4.80. The van der Waals surface area contributed by atoms with Crippen molar-refractivity contribution in [3.8, 4) is 0 Å². The first-order valence-electron chi connectivity index (χ1n) is 7.95. The molecule has 1 saturated carbocycles. The summed E-state index contributed by atoms with van der Waals surface area (Å²) in [5.74, 6) is 0.685. The molecule has 0 amide bonds. The minimum atomic E-state index is 0.334. The molecule has 3 nitrogen and oxygen atoms in total. The number of anilines is 1. The lowest BCUT2D eigenvalue weighted by molar-refractivity contribution is 0.265. The van der Waals surface area contributed by atoms with E-state index in [1.807, 2.05) is 0 Å². The van der Waals surface area contributed by atoms with Crippen LogP contribution in [0.15, 0.2) is 23.3 Å². The maximum Gasteiger partial charge on any atom is 0.191 e. The van der Waals surface area contributed by atoms with Gasteiger partial charge in [-0.2, -0.15) is 5.10 Å². The van der Waals surface area contributed by atoms with Crippen LogP contribution in [-0.4, -0.2) is 10.8 Å². The summed E-state index contributed by atoms with van der Waals surface area (Å²) in [4.78, 5) is 0. The SMILES string of the molecule is Cc1ccc(NC(=S)NN=C2CC(C)CC(C)(C)C2)c(C)c1. The van der Waals surface area contributed by atoms with Crippen LogP contribution in [0, 0.1) is 25.2 Å². The van der Waals surface area contributed by atoms with E-state index >= 15 is 0 Å². The molecule has 1 aliphatic carbocycles. The first-order chi connectivity index (χ1) is 10.2. The van der Waals surface area contributed by atoms with E-state index in [0.717, 1.165) is 18.5 Å². The maximum absolute atomic E-state index is 5.35. The monoisotopic (exact) mass is 317 g/mol. The third-order valence-corrected chi connectivity index (χ3v) is 4.31. The highest BCUT2D eigenvalue weighted by Gasteiger charge is 2.29. The summed E-state index contributed by atoms with van der Waals surface area (Å²) in [6, 6.07) is 6.27. The number of aryl methyl sites for hydroxylation is 2. The van der Waals surface area contributed by atoms with Crippen LogP contribution >= 0.6 is 12.2 Å². The molecule has 1 aromatic rings. The third-order valence-electron chi connectivity index (χ3n) is 4.11. The largest absolute Gasteiger partial charge is 0.331 e. The molecule has 0 aliphatic heterocycles. The highest BCUT2D eigenvalue weighted by molar-refractivity contribution is 7.80. The van der Waals surface area contributed by atoms with Gasteiger partial charge in [-0.15, -0.1) is 0 Å². The number of benzene rings is 1. The fraction of sp³-hybridized carbons (Fsp3) is 0.556. The molecule has 120 valence electrons. The van der Waals surface area contributed by atoms with Gasteiger partial charge in [0, 0.05) is 11.4 Å². The van der Waals surface area contributed by atoms with Crippen LogP contribution in [-0.2, 0) is 0 Å². The smallest absolute Gasteiger partial charge is 0.191 e. The first kappa shape index (κ1) is 16.9. The molecule has 0 spiro atoms. The van der Waals surface area contributed by atoms with Crippen LogP contribution in [0.2, 0.25) is 0 Å². The highest BCUT2D eigenvalue weighted by atomic mass is 32.1. The first-order valence-corrected chi connectivity index (χ1v) is 8.36. The zero-order valence-electron chi connectivity index (χ0n) is 14.3. The molecule has 1 unspecified atom stereocenters. The Morgan fingerprint density at radius 2 is 2.05 bits per heavy atom. The quantitative estimate of drug-likeness (QED) is 0.608. The summed E-state index contributed by atoms with van der Waals surface area (Å²) in [6.07, 6.45) is 3.36. The van der Waals surface area contributed by atoms with E-state index in [2.05, 4.69) is 68.7 Å². The summed E-state index contributed by atoms with van der Waals surface area (Å²) in [5.41, 5.74) is 8.02. The van der Waals surface area contributed by atoms with E-state index in [0.29, 0.717) is 16.4 Å². The highest BCUT2D eigenvalue weighted by Crippen LogP contribution is 2.36. The Bertz CT molecular complexity index is 590.